The Bertz CT molecular complexity index is 398. The van der Waals surface area contributed by atoms with Crippen LogP contribution in [0.4, 0.5) is 0 Å². The maximum Gasteiger partial charge on any atom is 0.306 e. The number of aliphatic carboxylic acids is 1. The minimum atomic E-state index is -0.756. The van der Waals surface area contributed by atoms with Crippen molar-refractivity contribution in [2.75, 3.05) is 13.2 Å². The summed E-state index contributed by atoms with van der Waals surface area (Å²) in [6.07, 6.45) is 0.610. The number of carboxylic acids is 1. The van der Waals surface area contributed by atoms with Crippen molar-refractivity contribution in [2.24, 2.45) is 5.92 Å². The third-order valence-corrected chi connectivity index (χ3v) is 4.45. The fourth-order valence-corrected chi connectivity index (χ4v) is 3.19. The van der Waals surface area contributed by atoms with E-state index in [9.17, 15) is 4.79 Å². The van der Waals surface area contributed by atoms with E-state index in [-0.39, 0.29) is 11.3 Å². The fraction of sp³-hybridized carbons (Fsp3) is 0.545. The molecule has 1 aliphatic heterocycles. The third kappa shape index (κ3) is 2.10. The second-order valence-corrected chi connectivity index (χ2v) is 6.04. The molecule has 0 aromatic carbocycles. The van der Waals surface area contributed by atoms with Crippen LogP contribution in [0.2, 0.25) is 4.34 Å². The van der Waals surface area contributed by atoms with E-state index >= 15 is 0 Å². The Labute approximate surface area is 103 Å². The van der Waals surface area contributed by atoms with Crippen molar-refractivity contribution in [1.29, 1.82) is 0 Å². The zero-order valence-electron chi connectivity index (χ0n) is 8.90. The predicted molar refractivity (Wildman–Crippen MR) is 63.2 cm³/mol. The zero-order chi connectivity index (χ0) is 11.8. The van der Waals surface area contributed by atoms with E-state index in [4.69, 9.17) is 21.4 Å². The predicted octanol–water partition coefficient (Wildman–Crippen LogP) is 2.78. The molecule has 3 nitrogen and oxygen atoms in total. The fourth-order valence-electron chi connectivity index (χ4n) is 1.98. The Kier molecular flexibility index (Phi) is 3.24. The standard InChI is InChI=1S/C11H13ClO3S/c1-7(10(13)14)4-11(5-15-6-11)8-2-3-9(12)16-8/h2-3,7H,4-6H2,1H3,(H,13,14). The molecule has 2 rings (SSSR count). The molecule has 0 bridgehead atoms. The van der Waals surface area contributed by atoms with E-state index in [1.54, 1.807) is 6.92 Å². The lowest BCUT2D eigenvalue weighted by molar-refractivity contribution is -0.144. The Morgan fingerprint density at radius 3 is 2.75 bits per heavy atom. The number of carboxylic acid groups (broad SMARTS) is 1. The minimum absolute atomic E-state index is 0.129. The first-order chi connectivity index (χ1) is 7.53. The smallest absolute Gasteiger partial charge is 0.306 e. The van der Waals surface area contributed by atoms with Crippen LogP contribution in [0, 0.1) is 5.92 Å². The van der Waals surface area contributed by atoms with Gasteiger partial charge in [0.25, 0.3) is 0 Å². The number of halogens is 1. The molecule has 1 fully saturated rings. The van der Waals surface area contributed by atoms with Crippen molar-refractivity contribution in [1.82, 2.24) is 0 Å². The van der Waals surface area contributed by atoms with E-state index in [0.29, 0.717) is 19.6 Å². The summed E-state index contributed by atoms with van der Waals surface area (Å²) in [4.78, 5) is 12.0. The van der Waals surface area contributed by atoms with E-state index in [1.807, 2.05) is 12.1 Å². The molecule has 2 heterocycles. The van der Waals surface area contributed by atoms with Gasteiger partial charge in [-0.1, -0.05) is 18.5 Å². The van der Waals surface area contributed by atoms with Gasteiger partial charge in [0.15, 0.2) is 0 Å². The molecule has 1 aliphatic rings. The van der Waals surface area contributed by atoms with Gasteiger partial charge in [-0.3, -0.25) is 4.79 Å². The highest BCUT2D eigenvalue weighted by Crippen LogP contribution is 2.42. The highest BCUT2D eigenvalue weighted by molar-refractivity contribution is 7.16. The van der Waals surface area contributed by atoms with Crippen LogP contribution >= 0.6 is 22.9 Å². The molecule has 0 radical (unpaired) electrons. The van der Waals surface area contributed by atoms with Crippen molar-refractivity contribution >= 4 is 28.9 Å². The summed E-state index contributed by atoms with van der Waals surface area (Å²) in [6.45, 7) is 2.93. The summed E-state index contributed by atoms with van der Waals surface area (Å²) in [5, 5.41) is 8.95. The molecule has 0 saturated carbocycles. The van der Waals surface area contributed by atoms with Crippen molar-refractivity contribution in [3.63, 3.8) is 0 Å². The molecule has 1 saturated heterocycles. The first-order valence-electron chi connectivity index (χ1n) is 5.10. The zero-order valence-corrected chi connectivity index (χ0v) is 10.5. The second-order valence-electron chi connectivity index (χ2n) is 4.32. The maximum absolute atomic E-state index is 10.9. The lowest BCUT2D eigenvalue weighted by atomic mass is 9.76. The largest absolute Gasteiger partial charge is 0.481 e. The van der Waals surface area contributed by atoms with Gasteiger partial charge < -0.3 is 9.84 Å². The van der Waals surface area contributed by atoms with E-state index < -0.39 is 5.97 Å². The van der Waals surface area contributed by atoms with E-state index in [0.717, 1.165) is 9.21 Å². The normalized spacial score (nSPS) is 20.1. The van der Waals surface area contributed by atoms with Crippen LogP contribution in [0.25, 0.3) is 0 Å². The van der Waals surface area contributed by atoms with Crippen LogP contribution in [-0.4, -0.2) is 24.3 Å². The number of hydrogen-bond acceptors (Lipinski definition) is 3. The van der Waals surface area contributed by atoms with Gasteiger partial charge in [-0.05, 0) is 18.6 Å². The van der Waals surface area contributed by atoms with Gasteiger partial charge in [0.2, 0.25) is 0 Å². The van der Waals surface area contributed by atoms with Gasteiger partial charge in [-0.15, -0.1) is 11.3 Å². The van der Waals surface area contributed by atoms with Gasteiger partial charge in [-0.2, -0.15) is 0 Å². The highest BCUT2D eigenvalue weighted by Gasteiger charge is 2.43. The van der Waals surface area contributed by atoms with Crippen molar-refractivity contribution in [2.45, 2.75) is 18.8 Å². The lowest BCUT2D eigenvalue weighted by Gasteiger charge is -2.41. The van der Waals surface area contributed by atoms with Gasteiger partial charge in [0.1, 0.15) is 0 Å². The molecular formula is C11H13ClO3S. The van der Waals surface area contributed by atoms with Crippen molar-refractivity contribution in [3.05, 3.63) is 21.3 Å². The average Bonchev–Trinajstić information content (AvgIpc) is 2.58. The summed E-state index contributed by atoms with van der Waals surface area (Å²) >= 11 is 7.42. The van der Waals surface area contributed by atoms with Crippen LogP contribution in [0.3, 0.4) is 0 Å². The first-order valence-corrected chi connectivity index (χ1v) is 6.29. The number of rotatable bonds is 4. The molecule has 1 N–H and O–H groups in total. The molecule has 88 valence electrons. The van der Waals surface area contributed by atoms with Crippen LogP contribution in [0.1, 0.15) is 18.2 Å². The highest BCUT2D eigenvalue weighted by atomic mass is 35.5. The van der Waals surface area contributed by atoms with Gasteiger partial charge in [0.05, 0.1) is 28.9 Å². The molecule has 16 heavy (non-hydrogen) atoms. The average molecular weight is 261 g/mol. The van der Waals surface area contributed by atoms with Crippen LogP contribution in [-0.2, 0) is 14.9 Å². The molecule has 0 spiro atoms. The maximum atomic E-state index is 10.9. The minimum Gasteiger partial charge on any atom is -0.481 e. The summed E-state index contributed by atoms with van der Waals surface area (Å²) in [5.41, 5.74) is -0.129. The van der Waals surface area contributed by atoms with Gasteiger partial charge in [-0.25, -0.2) is 0 Å². The molecule has 0 amide bonds. The Morgan fingerprint density at radius 2 is 2.38 bits per heavy atom. The third-order valence-electron chi connectivity index (χ3n) is 2.97. The quantitative estimate of drug-likeness (QED) is 0.906. The molecule has 0 aliphatic carbocycles. The summed E-state index contributed by atoms with van der Waals surface area (Å²) in [5.74, 6) is -1.11. The molecular weight excluding hydrogens is 248 g/mol. The van der Waals surface area contributed by atoms with E-state index in [1.165, 1.54) is 11.3 Å². The molecule has 1 unspecified atom stereocenters. The van der Waals surface area contributed by atoms with Crippen molar-refractivity contribution in [3.8, 4) is 0 Å². The number of thiophene rings is 1. The first kappa shape index (κ1) is 11.9. The topological polar surface area (TPSA) is 46.5 Å². The lowest BCUT2D eigenvalue weighted by Crippen LogP contribution is -2.48. The van der Waals surface area contributed by atoms with Crippen LogP contribution < -0.4 is 0 Å². The summed E-state index contributed by atoms with van der Waals surface area (Å²) < 4.78 is 5.99. The number of carbonyl (C=O) groups is 1. The molecule has 1 aromatic heterocycles. The van der Waals surface area contributed by atoms with Crippen LogP contribution in [0.5, 0.6) is 0 Å². The number of ether oxygens (including phenoxy) is 1. The SMILES string of the molecule is CC(CC1(c2ccc(Cl)s2)COC1)C(=O)O. The van der Waals surface area contributed by atoms with Gasteiger partial charge in [0, 0.05) is 4.88 Å². The van der Waals surface area contributed by atoms with Gasteiger partial charge >= 0.3 is 5.97 Å². The summed E-state index contributed by atoms with van der Waals surface area (Å²) in [6, 6.07) is 3.83. The molecule has 1 aromatic rings. The molecule has 5 heteroatoms. The molecule has 1 atom stereocenters. The van der Waals surface area contributed by atoms with E-state index in [2.05, 4.69) is 0 Å². The number of hydrogen-bond donors (Lipinski definition) is 1. The van der Waals surface area contributed by atoms with Crippen LogP contribution in [0.15, 0.2) is 12.1 Å². The summed E-state index contributed by atoms with van der Waals surface area (Å²) in [7, 11) is 0. The Balaban J connectivity index is 2.17. The Morgan fingerprint density at radius 1 is 1.69 bits per heavy atom. The Hall–Kier alpha value is -0.580. The van der Waals surface area contributed by atoms with Crippen molar-refractivity contribution < 1.29 is 14.6 Å². The second kappa shape index (κ2) is 4.35. The monoisotopic (exact) mass is 260 g/mol.